The summed E-state index contributed by atoms with van der Waals surface area (Å²) < 4.78 is 0. The first-order valence-corrected chi connectivity index (χ1v) is 6.57. The number of imidazole rings is 1. The van der Waals surface area contributed by atoms with Gasteiger partial charge in [0.2, 0.25) is 0 Å². The number of nitrogens with zero attached hydrogens (tertiary/aromatic N) is 1. The Kier molecular flexibility index (Phi) is 4.79. The Morgan fingerprint density at radius 3 is 2.72 bits per heavy atom. The molecule has 0 bridgehead atoms. The minimum Gasteiger partial charge on any atom is -0.346 e. The van der Waals surface area contributed by atoms with Gasteiger partial charge in [0.25, 0.3) is 0 Å². The number of H-pyrrole nitrogens is 1. The van der Waals surface area contributed by atoms with E-state index in [0.717, 1.165) is 42.5 Å². The maximum absolute atomic E-state index is 5.83. The lowest BCUT2D eigenvalue weighted by atomic mass is 10.2. The van der Waals surface area contributed by atoms with Crippen LogP contribution in [0.25, 0.3) is 0 Å². The lowest BCUT2D eigenvalue weighted by Gasteiger charge is -2.04. The lowest BCUT2D eigenvalue weighted by molar-refractivity contribution is 0.641. The van der Waals surface area contributed by atoms with Crippen molar-refractivity contribution in [1.29, 1.82) is 0 Å². The highest BCUT2D eigenvalue weighted by Gasteiger charge is 1.97. The summed E-state index contributed by atoms with van der Waals surface area (Å²) in [6, 6.07) is 7.94. The van der Waals surface area contributed by atoms with Crippen molar-refractivity contribution in [3.63, 3.8) is 0 Å². The monoisotopic (exact) mass is 263 g/mol. The summed E-state index contributed by atoms with van der Waals surface area (Å²) in [5.74, 6) is 1.07. The Morgan fingerprint density at radius 2 is 2.06 bits per heavy atom. The van der Waals surface area contributed by atoms with E-state index < -0.39 is 0 Å². The Labute approximate surface area is 113 Å². The normalized spacial score (nSPS) is 10.8. The van der Waals surface area contributed by atoms with Gasteiger partial charge >= 0.3 is 0 Å². The average molecular weight is 264 g/mol. The van der Waals surface area contributed by atoms with E-state index in [1.807, 2.05) is 37.4 Å². The molecule has 2 N–H and O–H groups in total. The van der Waals surface area contributed by atoms with Crippen LogP contribution in [0.5, 0.6) is 0 Å². The molecule has 0 fully saturated rings. The van der Waals surface area contributed by atoms with Gasteiger partial charge in [0.1, 0.15) is 5.82 Å². The van der Waals surface area contributed by atoms with Crippen LogP contribution in [0.1, 0.15) is 23.5 Å². The molecule has 0 aliphatic rings. The van der Waals surface area contributed by atoms with Gasteiger partial charge in [0.15, 0.2) is 0 Å². The molecule has 0 aliphatic heterocycles. The highest BCUT2D eigenvalue weighted by Crippen LogP contribution is 2.09. The highest BCUT2D eigenvalue weighted by molar-refractivity contribution is 6.30. The predicted octanol–water partition coefficient (Wildman–Crippen LogP) is 3.09. The van der Waals surface area contributed by atoms with Crippen molar-refractivity contribution < 1.29 is 0 Å². The van der Waals surface area contributed by atoms with Crippen LogP contribution in [-0.2, 0) is 13.0 Å². The molecule has 3 nitrogen and oxygen atoms in total. The van der Waals surface area contributed by atoms with Crippen molar-refractivity contribution in [3.05, 3.63) is 52.6 Å². The van der Waals surface area contributed by atoms with Gasteiger partial charge in [0.05, 0.1) is 0 Å². The van der Waals surface area contributed by atoms with Crippen molar-refractivity contribution in [2.45, 2.75) is 26.3 Å². The Balaban J connectivity index is 1.63. The summed E-state index contributed by atoms with van der Waals surface area (Å²) in [6.07, 6.45) is 3.94. The van der Waals surface area contributed by atoms with Gasteiger partial charge in [-0.15, -0.1) is 0 Å². The van der Waals surface area contributed by atoms with E-state index in [1.165, 1.54) is 5.56 Å². The molecule has 1 aromatic carbocycles. The quantitative estimate of drug-likeness (QED) is 0.787. The van der Waals surface area contributed by atoms with E-state index in [2.05, 4.69) is 15.3 Å². The molecule has 0 saturated carbocycles. The van der Waals surface area contributed by atoms with Crippen molar-refractivity contribution in [2.24, 2.45) is 0 Å². The summed E-state index contributed by atoms with van der Waals surface area (Å²) in [4.78, 5) is 7.52. The van der Waals surface area contributed by atoms with E-state index in [4.69, 9.17) is 11.6 Å². The molecule has 0 spiro atoms. The number of aromatic amines is 1. The van der Waals surface area contributed by atoms with Gasteiger partial charge < -0.3 is 10.3 Å². The number of aromatic nitrogens is 2. The van der Waals surface area contributed by atoms with E-state index in [9.17, 15) is 0 Å². The maximum atomic E-state index is 5.83. The SMILES string of the molecule is Cc1cnc(CCCNCc2ccc(Cl)cc2)[nH]1. The maximum Gasteiger partial charge on any atom is 0.106 e. The van der Waals surface area contributed by atoms with E-state index in [-0.39, 0.29) is 0 Å². The molecule has 2 rings (SSSR count). The molecule has 1 aromatic heterocycles. The molecule has 4 heteroatoms. The van der Waals surface area contributed by atoms with Gasteiger partial charge in [-0.1, -0.05) is 23.7 Å². The molecule has 1 heterocycles. The van der Waals surface area contributed by atoms with Crippen molar-refractivity contribution >= 4 is 11.6 Å². The molecule has 96 valence electrons. The number of benzene rings is 1. The second-order valence-corrected chi connectivity index (χ2v) is 4.86. The van der Waals surface area contributed by atoms with Crippen LogP contribution in [0.2, 0.25) is 5.02 Å². The largest absolute Gasteiger partial charge is 0.346 e. The second-order valence-electron chi connectivity index (χ2n) is 4.42. The smallest absolute Gasteiger partial charge is 0.106 e. The summed E-state index contributed by atoms with van der Waals surface area (Å²) in [5, 5.41) is 4.20. The van der Waals surface area contributed by atoms with Gasteiger partial charge in [-0.05, 0) is 37.6 Å². The second kappa shape index (κ2) is 6.57. The van der Waals surface area contributed by atoms with Crippen LogP contribution in [0.15, 0.2) is 30.5 Å². The number of aryl methyl sites for hydroxylation is 2. The third kappa shape index (κ3) is 4.17. The molecule has 0 saturated heterocycles. The van der Waals surface area contributed by atoms with Crippen molar-refractivity contribution in [2.75, 3.05) is 6.54 Å². The van der Waals surface area contributed by atoms with E-state index in [1.54, 1.807) is 0 Å². The first-order valence-electron chi connectivity index (χ1n) is 6.20. The first kappa shape index (κ1) is 13.1. The molecular formula is C14H18ClN3. The Morgan fingerprint density at radius 1 is 1.28 bits per heavy atom. The van der Waals surface area contributed by atoms with Gasteiger partial charge in [-0.2, -0.15) is 0 Å². The zero-order chi connectivity index (χ0) is 12.8. The molecule has 0 amide bonds. The zero-order valence-corrected chi connectivity index (χ0v) is 11.3. The molecule has 0 atom stereocenters. The molecular weight excluding hydrogens is 246 g/mol. The third-order valence-corrected chi connectivity index (χ3v) is 3.02. The van der Waals surface area contributed by atoms with Crippen LogP contribution in [0, 0.1) is 6.92 Å². The number of hydrogen-bond donors (Lipinski definition) is 2. The minimum absolute atomic E-state index is 0.784. The fourth-order valence-electron chi connectivity index (χ4n) is 1.81. The van der Waals surface area contributed by atoms with Crippen LogP contribution in [0.3, 0.4) is 0 Å². The van der Waals surface area contributed by atoms with Crippen molar-refractivity contribution in [1.82, 2.24) is 15.3 Å². The summed E-state index contributed by atoms with van der Waals surface area (Å²) in [5.41, 5.74) is 2.38. The predicted molar refractivity (Wildman–Crippen MR) is 74.8 cm³/mol. The molecule has 0 unspecified atom stereocenters. The highest BCUT2D eigenvalue weighted by atomic mass is 35.5. The van der Waals surface area contributed by atoms with Crippen LogP contribution in [0.4, 0.5) is 0 Å². The third-order valence-electron chi connectivity index (χ3n) is 2.77. The Bertz CT molecular complexity index is 476. The summed E-state index contributed by atoms with van der Waals surface area (Å²) in [6.45, 7) is 3.89. The minimum atomic E-state index is 0.784. The number of rotatable bonds is 6. The lowest BCUT2D eigenvalue weighted by Crippen LogP contribution is -2.15. The fourth-order valence-corrected chi connectivity index (χ4v) is 1.94. The first-order chi connectivity index (χ1) is 8.74. The average Bonchev–Trinajstić information content (AvgIpc) is 2.77. The standard InChI is InChI=1S/C14H18ClN3/c1-11-9-17-14(18-11)3-2-8-16-10-12-4-6-13(15)7-5-12/h4-7,9,16H,2-3,8,10H2,1H3,(H,17,18). The van der Waals surface area contributed by atoms with Crippen LogP contribution >= 0.6 is 11.6 Å². The molecule has 18 heavy (non-hydrogen) atoms. The van der Waals surface area contributed by atoms with Gasteiger partial charge in [-0.3, -0.25) is 0 Å². The van der Waals surface area contributed by atoms with Crippen molar-refractivity contribution in [3.8, 4) is 0 Å². The summed E-state index contributed by atoms with van der Waals surface area (Å²) >= 11 is 5.83. The van der Waals surface area contributed by atoms with Gasteiger partial charge in [0, 0.05) is 29.9 Å². The zero-order valence-electron chi connectivity index (χ0n) is 10.5. The summed E-state index contributed by atoms with van der Waals surface area (Å²) in [7, 11) is 0. The molecule has 0 radical (unpaired) electrons. The van der Waals surface area contributed by atoms with E-state index >= 15 is 0 Å². The number of nitrogens with one attached hydrogen (secondary N) is 2. The molecule has 0 aliphatic carbocycles. The number of hydrogen-bond acceptors (Lipinski definition) is 2. The van der Waals surface area contributed by atoms with Gasteiger partial charge in [-0.25, -0.2) is 4.98 Å². The van der Waals surface area contributed by atoms with Crippen LogP contribution in [-0.4, -0.2) is 16.5 Å². The van der Waals surface area contributed by atoms with Crippen LogP contribution < -0.4 is 5.32 Å². The van der Waals surface area contributed by atoms with E-state index in [0.29, 0.717) is 0 Å². The Hall–Kier alpha value is -1.32. The molecule has 2 aromatic rings. The number of halogens is 1. The topological polar surface area (TPSA) is 40.7 Å². The fraction of sp³-hybridized carbons (Fsp3) is 0.357.